The summed E-state index contributed by atoms with van der Waals surface area (Å²) in [5.74, 6) is 0. The molecule has 0 amide bonds. The van der Waals surface area contributed by atoms with E-state index < -0.39 is 0 Å². The Labute approximate surface area is 49.0 Å². The second-order valence-electron chi connectivity index (χ2n) is 1.54. The van der Waals surface area contributed by atoms with Crippen LogP contribution < -0.4 is 0 Å². The Bertz CT molecular complexity index is 48.1. The lowest BCUT2D eigenvalue weighted by atomic mass is 10.2. The average Bonchev–Trinajstić information content (AvgIpc) is 1.69. The number of rotatable bonds is 3. The fourth-order valence-electron chi connectivity index (χ4n) is 0.405. The summed E-state index contributed by atoms with van der Waals surface area (Å²) >= 11 is 0. The van der Waals surface area contributed by atoms with E-state index in [1.54, 1.807) is 0 Å². The van der Waals surface area contributed by atoms with Gasteiger partial charge in [-0.3, -0.25) is 0 Å². The molecule has 1 heteroatoms. The minimum atomic E-state index is 1.21. The molecule has 0 aliphatic rings. The Morgan fingerprint density at radius 2 is 2.29 bits per heavy atom. The molecule has 0 nitrogen and oxygen atoms in total. The van der Waals surface area contributed by atoms with E-state index >= 15 is 0 Å². The van der Waals surface area contributed by atoms with Gasteiger partial charge in [-0.1, -0.05) is 25.8 Å². The Kier molecular flexibility index (Phi) is 5.92. The molecule has 0 rings (SSSR count). The van der Waals surface area contributed by atoms with Crippen LogP contribution in [0.1, 0.15) is 26.2 Å². The Hall–Kier alpha value is -0.0431. The fraction of sp³-hybridized carbons (Fsp3) is 0.667. The van der Waals surface area contributed by atoms with Crippen molar-refractivity contribution in [1.29, 1.82) is 0 Å². The molecule has 0 saturated carbocycles. The molecule has 0 heterocycles. The van der Waals surface area contributed by atoms with Gasteiger partial charge in [-0.15, -0.1) is 5.70 Å². The van der Waals surface area contributed by atoms with E-state index in [1.807, 2.05) is 5.70 Å². The number of hydrogen-bond donors (Lipinski definition) is 0. The van der Waals surface area contributed by atoms with Crippen LogP contribution in [0.25, 0.3) is 0 Å². The van der Waals surface area contributed by atoms with Crippen molar-refractivity contribution in [2.24, 2.45) is 0 Å². The molecule has 0 aromatic heterocycles. The van der Waals surface area contributed by atoms with Gasteiger partial charge in [-0.25, -0.2) is 0 Å². The van der Waals surface area contributed by atoms with Gasteiger partial charge in [0.25, 0.3) is 0 Å². The predicted molar refractivity (Wildman–Crippen MR) is 34.4 cm³/mol. The van der Waals surface area contributed by atoms with Crippen LogP contribution in [-0.2, 0) is 0 Å². The second-order valence-corrected chi connectivity index (χ2v) is 1.88. The standard InChI is InChI=1S/C6H11Si/c1-2-3-4-5-6-7/h5-6H,2-4H2,1H3/b6-5-. The highest BCUT2D eigenvalue weighted by molar-refractivity contribution is 6.16. The van der Waals surface area contributed by atoms with E-state index in [1.165, 1.54) is 19.3 Å². The minimum absolute atomic E-state index is 1.21. The molecule has 0 bridgehead atoms. The lowest BCUT2D eigenvalue weighted by Gasteiger charge is -1.83. The van der Waals surface area contributed by atoms with Crippen LogP contribution in [0, 0.1) is 0 Å². The smallest absolute Gasteiger partial charge is 0.0596 e. The van der Waals surface area contributed by atoms with E-state index in [9.17, 15) is 0 Å². The molecule has 0 aromatic rings. The van der Waals surface area contributed by atoms with Crippen LogP contribution in [0.15, 0.2) is 11.8 Å². The Morgan fingerprint density at radius 3 is 2.71 bits per heavy atom. The second kappa shape index (κ2) is 5.96. The maximum Gasteiger partial charge on any atom is 0.0596 e. The van der Waals surface area contributed by atoms with Crippen LogP contribution in [0.2, 0.25) is 0 Å². The maximum atomic E-state index is 3.24. The van der Waals surface area contributed by atoms with Gasteiger partial charge in [0.1, 0.15) is 0 Å². The quantitative estimate of drug-likeness (QED) is 0.385. The molecule has 0 fully saturated rings. The van der Waals surface area contributed by atoms with Crippen LogP contribution in [0.3, 0.4) is 0 Å². The van der Waals surface area contributed by atoms with Crippen LogP contribution in [0.4, 0.5) is 0 Å². The Balaban J connectivity index is 2.69. The van der Waals surface area contributed by atoms with Gasteiger partial charge in [-0.05, 0) is 6.42 Å². The topological polar surface area (TPSA) is 0 Å². The highest BCUT2D eigenvalue weighted by atomic mass is 28.1. The molecule has 0 aliphatic heterocycles. The third-order valence-electron chi connectivity index (χ3n) is 0.842. The zero-order valence-corrected chi connectivity index (χ0v) is 5.78. The number of allylic oxidation sites excluding steroid dienone is 1. The molecule has 39 valence electrons. The molecule has 0 N–H and O–H groups in total. The van der Waals surface area contributed by atoms with Gasteiger partial charge in [0.2, 0.25) is 0 Å². The third kappa shape index (κ3) is 5.96. The molecule has 0 aromatic carbocycles. The minimum Gasteiger partial charge on any atom is -0.106 e. The Morgan fingerprint density at radius 1 is 1.57 bits per heavy atom. The van der Waals surface area contributed by atoms with E-state index in [0.717, 1.165) is 0 Å². The summed E-state index contributed by atoms with van der Waals surface area (Å²) in [4.78, 5) is 0. The lowest BCUT2D eigenvalue weighted by Crippen LogP contribution is -1.64. The number of hydrogen-bond acceptors (Lipinski definition) is 0. The lowest BCUT2D eigenvalue weighted by molar-refractivity contribution is 0.815. The van der Waals surface area contributed by atoms with Crippen LogP contribution >= 0.6 is 0 Å². The summed E-state index contributed by atoms with van der Waals surface area (Å²) < 4.78 is 0. The van der Waals surface area contributed by atoms with Crippen molar-refractivity contribution >= 4 is 10.2 Å². The van der Waals surface area contributed by atoms with Gasteiger partial charge in [0.15, 0.2) is 0 Å². The molecule has 0 atom stereocenters. The normalized spacial score (nSPS) is 10.6. The SMILES string of the molecule is CCCC/C=C\[Si]. The first-order chi connectivity index (χ1) is 3.41. The van der Waals surface area contributed by atoms with E-state index in [4.69, 9.17) is 0 Å². The van der Waals surface area contributed by atoms with Gasteiger partial charge in [-0.2, -0.15) is 0 Å². The molecule has 7 heavy (non-hydrogen) atoms. The van der Waals surface area contributed by atoms with Crippen LogP contribution in [-0.4, -0.2) is 10.2 Å². The first kappa shape index (κ1) is 6.96. The zero-order chi connectivity index (χ0) is 5.54. The van der Waals surface area contributed by atoms with Crippen molar-refractivity contribution in [3.05, 3.63) is 11.8 Å². The van der Waals surface area contributed by atoms with Gasteiger partial charge >= 0.3 is 0 Å². The summed E-state index contributed by atoms with van der Waals surface area (Å²) in [7, 11) is 3.24. The molecular weight excluding hydrogens is 100 g/mol. The van der Waals surface area contributed by atoms with E-state index in [-0.39, 0.29) is 0 Å². The highest BCUT2D eigenvalue weighted by Crippen LogP contribution is 1.92. The average molecular weight is 111 g/mol. The summed E-state index contributed by atoms with van der Waals surface area (Å²) in [6.45, 7) is 2.20. The monoisotopic (exact) mass is 111 g/mol. The predicted octanol–water partition coefficient (Wildman–Crippen LogP) is 1.86. The van der Waals surface area contributed by atoms with Crippen molar-refractivity contribution in [2.45, 2.75) is 26.2 Å². The van der Waals surface area contributed by atoms with Crippen molar-refractivity contribution < 1.29 is 0 Å². The van der Waals surface area contributed by atoms with E-state index in [0.29, 0.717) is 0 Å². The molecule has 0 spiro atoms. The maximum absolute atomic E-state index is 3.24. The largest absolute Gasteiger partial charge is 0.106 e. The molecule has 0 unspecified atom stereocenters. The summed E-state index contributed by atoms with van der Waals surface area (Å²) in [6, 6.07) is 0. The van der Waals surface area contributed by atoms with Crippen molar-refractivity contribution in [3.8, 4) is 0 Å². The fourth-order valence-corrected chi connectivity index (χ4v) is 0.572. The third-order valence-corrected chi connectivity index (χ3v) is 1.08. The molecular formula is C6H11Si. The summed E-state index contributed by atoms with van der Waals surface area (Å²) in [5.41, 5.74) is 1.91. The van der Waals surface area contributed by atoms with Crippen molar-refractivity contribution in [2.75, 3.05) is 0 Å². The molecule has 0 aliphatic carbocycles. The molecule has 3 radical (unpaired) electrons. The highest BCUT2D eigenvalue weighted by Gasteiger charge is 1.73. The molecule has 0 saturated heterocycles. The van der Waals surface area contributed by atoms with Gasteiger partial charge in [0.05, 0.1) is 10.2 Å². The van der Waals surface area contributed by atoms with Gasteiger partial charge < -0.3 is 0 Å². The first-order valence-electron chi connectivity index (χ1n) is 2.74. The summed E-state index contributed by atoms with van der Waals surface area (Å²) in [5, 5.41) is 0. The van der Waals surface area contributed by atoms with Gasteiger partial charge in [0, 0.05) is 0 Å². The van der Waals surface area contributed by atoms with Crippen molar-refractivity contribution in [1.82, 2.24) is 0 Å². The van der Waals surface area contributed by atoms with Crippen LogP contribution in [0.5, 0.6) is 0 Å². The number of unbranched alkanes of at least 4 members (excludes halogenated alkanes) is 2. The van der Waals surface area contributed by atoms with E-state index in [2.05, 4.69) is 23.2 Å². The summed E-state index contributed by atoms with van der Waals surface area (Å²) in [6.07, 6.45) is 5.93. The first-order valence-corrected chi connectivity index (χ1v) is 3.31. The van der Waals surface area contributed by atoms with Crippen molar-refractivity contribution in [3.63, 3.8) is 0 Å². The zero-order valence-electron chi connectivity index (χ0n) is 4.78.